The lowest BCUT2D eigenvalue weighted by Gasteiger charge is -2.17. The highest BCUT2D eigenvalue weighted by atomic mass is 16.3. The van der Waals surface area contributed by atoms with Gasteiger partial charge in [0.1, 0.15) is 5.82 Å². The van der Waals surface area contributed by atoms with Crippen LogP contribution < -0.4 is 10.6 Å². The highest BCUT2D eigenvalue weighted by molar-refractivity contribution is 5.40. The van der Waals surface area contributed by atoms with Crippen LogP contribution in [0.5, 0.6) is 0 Å². The molecule has 2 heterocycles. The van der Waals surface area contributed by atoms with Gasteiger partial charge >= 0.3 is 0 Å². The minimum Gasteiger partial charge on any atom is -0.394 e. The van der Waals surface area contributed by atoms with Crippen molar-refractivity contribution in [1.29, 1.82) is 0 Å². The van der Waals surface area contributed by atoms with Crippen LogP contribution in [0.2, 0.25) is 0 Å². The number of nitrogens with zero attached hydrogens (tertiary/aromatic N) is 2. The van der Waals surface area contributed by atoms with Gasteiger partial charge in [-0.15, -0.1) is 0 Å². The molecule has 2 rings (SSSR count). The zero-order chi connectivity index (χ0) is 10.7. The first-order valence-electron chi connectivity index (χ1n) is 5.38. The molecule has 1 atom stereocenters. The zero-order valence-electron chi connectivity index (χ0n) is 8.76. The van der Waals surface area contributed by atoms with E-state index in [0.29, 0.717) is 0 Å². The highest BCUT2D eigenvalue weighted by Crippen LogP contribution is 2.18. The van der Waals surface area contributed by atoms with Crippen molar-refractivity contribution in [3.63, 3.8) is 0 Å². The first-order valence-corrected chi connectivity index (χ1v) is 5.38. The van der Waals surface area contributed by atoms with Crippen LogP contribution in [0.1, 0.15) is 24.4 Å². The Hall–Kier alpha value is -1.13. The molecule has 1 aliphatic rings. The van der Waals surface area contributed by atoms with E-state index in [1.165, 1.54) is 12.8 Å². The van der Waals surface area contributed by atoms with E-state index < -0.39 is 0 Å². The molecule has 4 nitrogen and oxygen atoms in total. The van der Waals surface area contributed by atoms with E-state index >= 15 is 0 Å². The standard InChI is InChI=1S/C11H17N3O/c12-10(8-15)9-3-4-11(13-7-9)14-5-1-2-6-14/h3-4,7,10,15H,1-2,5-6,8,12H2/t10-/m1/s1. The summed E-state index contributed by atoms with van der Waals surface area (Å²) in [5.41, 5.74) is 6.58. The van der Waals surface area contributed by atoms with Gasteiger partial charge in [-0.05, 0) is 24.5 Å². The van der Waals surface area contributed by atoms with Crippen LogP contribution in [-0.4, -0.2) is 29.8 Å². The smallest absolute Gasteiger partial charge is 0.128 e. The van der Waals surface area contributed by atoms with Gasteiger partial charge in [0.05, 0.1) is 12.6 Å². The second-order valence-corrected chi connectivity index (χ2v) is 3.93. The minimum absolute atomic E-state index is 0.0370. The molecule has 3 N–H and O–H groups in total. The zero-order valence-corrected chi connectivity index (χ0v) is 8.76. The van der Waals surface area contributed by atoms with Gasteiger partial charge < -0.3 is 15.7 Å². The fraction of sp³-hybridized carbons (Fsp3) is 0.545. The van der Waals surface area contributed by atoms with E-state index in [1.807, 2.05) is 12.1 Å². The maximum atomic E-state index is 8.91. The van der Waals surface area contributed by atoms with E-state index in [4.69, 9.17) is 10.8 Å². The van der Waals surface area contributed by atoms with Crippen LogP contribution >= 0.6 is 0 Å². The third kappa shape index (κ3) is 2.27. The second-order valence-electron chi connectivity index (χ2n) is 3.93. The lowest BCUT2D eigenvalue weighted by Crippen LogP contribution is -2.20. The Bertz CT molecular complexity index is 306. The third-order valence-electron chi connectivity index (χ3n) is 2.83. The largest absolute Gasteiger partial charge is 0.394 e. The molecule has 1 fully saturated rings. The average Bonchev–Trinajstić information content (AvgIpc) is 2.82. The first-order chi connectivity index (χ1) is 7.31. The van der Waals surface area contributed by atoms with E-state index in [-0.39, 0.29) is 12.6 Å². The van der Waals surface area contributed by atoms with Crippen molar-refractivity contribution in [3.05, 3.63) is 23.9 Å². The fourth-order valence-corrected chi connectivity index (χ4v) is 1.86. The molecule has 1 aromatic rings. The Balaban J connectivity index is 2.09. The number of hydrogen-bond acceptors (Lipinski definition) is 4. The summed E-state index contributed by atoms with van der Waals surface area (Å²) in [6, 6.07) is 3.61. The number of pyridine rings is 1. The number of aliphatic hydroxyl groups excluding tert-OH is 1. The van der Waals surface area contributed by atoms with Gasteiger partial charge in [0.25, 0.3) is 0 Å². The van der Waals surface area contributed by atoms with Crippen LogP contribution in [0, 0.1) is 0 Å². The molecule has 1 saturated heterocycles. The summed E-state index contributed by atoms with van der Waals surface area (Å²) in [5, 5.41) is 8.91. The fourth-order valence-electron chi connectivity index (χ4n) is 1.86. The van der Waals surface area contributed by atoms with Crippen molar-refractivity contribution in [2.75, 3.05) is 24.6 Å². The van der Waals surface area contributed by atoms with Gasteiger partial charge in [0.2, 0.25) is 0 Å². The van der Waals surface area contributed by atoms with E-state index in [1.54, 1.807) is 6.20 Å². The lowest BCUT2D eigenvalue weighted by molar-refractivity contribution is 0.268. The highest BCUT2D eigenvalue weighted by Gasteiger charge is 2.13. The lowest BCUT2D eigenvalue weighted by atomic mass is 10.1. The molecule has 0 spiro atoms. The Morgan fingerprint density at radius 1 is 1.40 bits per heavy atom. The van der Waals surface area contributed by atoms with Crippen molar-refractivity contribution in [2.45, 2.75) is 18.9 Å². The Morgan fingerprint density at radius 2 is 2.13 bits per heavy atom. The predicted molar refractivity (Wildman–Crippen MR) is 59.7 cm³/mol. The molecular formula is C11H17N3O. The summed E-state index contributed by atoms with van der Waals surface area (Å²) >= 11 is 0. The minimum atomic E-state index is -0.315. The number of rotatable bonds is 3. The topological polar surface area (TPSA) is 62.4 Å². The Morgan fingerprint density at radius 3 is 2.67 bits per heavy atom. The number of nitrogens with two attached hydrogens (primary N) is 1. The summed E-state index contributed by atoms with van der Waals surface area (Å²) in [4.78, 5) is 6.64. The summed E-state index contributed by atoms with van der Waals surface area (Å²) in [7, 11) is 0. The number of aliphatic hydroxyl groups is 1. The second kappa shape index (κ2) is 4.59. The quantitative estimate of drug-likeness (QED) is 0.765. The third-order valence-corrected chi connectivity index (χ3v) is 2.83. The molecule has 82 valence electrons. The average molecular weight is 207 g/mol. The summed E-state index contributed by atoms with van der Waals surface area (Å²) < 4.78 is 0. The van der Waals surface area contributed by atoms with E-state index in [2.05, 4.69) is 9.88 Å². The monoisotopic (exact) mass is 207 g/mol. The van der Waals surface area contributed by atoms with E-state index in [0.717, 1.165) is 24.5 Å². The molecule has 0 aromatic carbocycles. The van der Waals surface area contributed by atoms with Crippen LogP contribution in [0.15, 0.2) is 18.3 Å². The molecule has 0 unspecified atom stereocenters. The normalized spacial score (nSPS) is 18.1. The maximum Gasteiger partial charge on any atom is 0.128 e. The van der Waals surface area contributed by atoms with Crippen molar-refractivity contribution in [2.24, 2.45) is 5.73 Å². The first kappa shape index (κ1) is 10.4. The van der Waals surface area contributed by atoms with Crippen molar-refractivity contribution >= 4 is 5.82 Å². The molecule has 0 saturated carbocycles. The van der Waals surface area contributed by atoms with Gasteiger partial charge in [0, 0.05) is 19.3 Å². The molecule has 4 heteroatoms. The van der Waals surface area contributed by atoms with Crippen LogP contribution in [-0.2, 0) is 0 Å². The van der Waals surface area contributed by atoms with Gasteiger partial charge in [0.15, 0.2) is 0 Å². The summed E-state index contributed by atoms with van der Waals surface area (Å²) in [5.74, 6) is 1.02. The number of hydrogen-bond donors (Lipinski definition) is 2. The molecule has 0 amide bonds. The van der Waals surface area contributed by atoms with E-state index in [9.17, 15) is 0 Å². The van der Waals surface area contributed by atoms with Crippen molar-refractivity contribution in [3.8, 4) is 0 Å². The van der Waals surface area contributed by atoms with Gasteiger partial charge in [-0.3, -0.25) is 0 Å². The SMILES string of the molecule is N[C@H](CO)c1ccc(N2CCCC2)nc1. The predicted octanol–water partition coefficient (Wildman–Crippen LogP) is 0.674. The molecule has 0 bridgehead atoms. The van der Waals surface area contributed by atoms with Crippen LogP contribution in [0.25, 0.3) is 0 Å². The van der Waals surface area contributed by atoms with Crippen LogP contribution in [0.3, 0.4) is 0 Å². The number of aromatic nitrogens is 1. The summed E-state index contributed by atoms with van der Waals surface area (Å²) in [6.45, 7) is 2.15. The van der Waals surface area contributed by atoms with Crippen molar-refractivity contribution in [1.82, 2.24) is 4.98 Å². The molecule has 1 aromatic heterocycles. The maximum absolute atomic E-state index is 8.91. The van der Waals surface area contributed by atoms with Gasteiger partial charge in [-0.1, -0.05) is 6.07 Å². The Kier molecular flexibility index (Phi) is 3.18. The van der Waals surface area contributed by atoms with Gasteiger partial charge in [-0.25, -0.2) is 4.98 Å². The van der Waals surface area contributed by atoms with Crippen molar-refractivity contribution < 1.29 is 5.11 Å². The molecule has 1 aliphatic heterocycles. The molecule has 15 heavy (non-hydrogen) atoms. The number of anilines is 1. The molecule has 0 radical (unpaired) electrons. The molecule has 0 aliphatic carbocycles. The van der Waals surface area contributed by atoms with Gasteiger partial charge in [-0.2, -0.15) is 0 Å². The van der Waals surface area contributed by atoms with Crippen LogP contribution in [0.4, 0.5) is 5.82 Å². The molecular weight excluding hydrogens is 190 g/mol. The summed E-state index contributed by atoms with van der Waals surface area (Å²) in [6.07, 6.45) is 4.26. The Labute approximate surface area is 89.7 Å².